The number of nitrogens with zero attached hydrogens (tertiary/aromatic N) is 5. The minimum Gasteiger partial charge on any atom is -0.465 e. The van der Waals surface area contributed by atoms with Gasteiger partial charge in [-0.25, -0.2) is 9.78 Å². The van der Waals surface area contributed by atoms with Gasteiger partial charge in [0.15, 0.2) is 5.82 Å². The second-order valence-electron chi connectivity index (χ2n) is 12.0. The summed E-state index contributed by atoms with van der Waals surface area (Å²) in [6.45, 7) is 13.2. The van der Waals surface area contributed by atoms with E-state index in [4.69, 9.17) is 0 Å². The zero-order valence-corrected chi connectivity index (χ0v) is 24.2. The predicted octanol–water partition coefficient (Wildman–Crippen LogP) is 6.63. The lowest BCUT2D eigenvalue weighted by Crippen LogP contribution is -2.43. The van der Waals surface area contributed by atoms with E-state index in [2.05, 4.69) is 60.9 Å². The summed E-state index contributed by atoms with van der Waals surface area (Å²) in [5.41, 5.74) is 2.11. The molecule has 2 atom stereocenters. The number of aryl methyl sites for hydroxylation is 1. The average Bonchev–Trinajstić information content (AvgIpc) is 2.88. The van der Waals surface area contributed by atoms with Crippen LogP contribution in [0.1, 0.15) is 83.5 Å². The maximum absolute atomic E-state index is 12.2. The molecule has 1 aromatic carbocycles. The van der Waals surface area contributed by atoms with Crippen LogP contribution in [0, 0.1) is 35.5 Å². The van der Waals surface area contributed by atoms with Crippen LogP contribution in [0.4, 0.5) is 16.3 Å². The molecule has 8 heteroatoms. The third-order valence-electron chi connectivity index (χ3n) is 7.94. The lowest BCUT2D eigenvalue weighted by Gasteiger charge is -2.45. The van der Waals surface area contributed by atoms with Gasteiger partial charge in [-0.3, -0.25) is 9.88 Å². The van der Waals surface area contributed by atoms with Gasteiger partial charge in [0.25, 0.3) is 0 Å². The van der Waals surface area contributed by atoms with Crippen molar-refractivity contribution in [1.29, 1.82) is 5.26 Å². The lowest BCUT2D eigenvalue weighted by atomic mass is 9.65. The van der Waals surface area contributed by atoms with Crippen LogP contribution in [0.2, 0.25) is 0 Å². The van der Waals surface area contributed by atoms with Crippen LogP contribution < -0.4 is 9.80 Å². The Bertz CT molecular complexity index is 1190. The van der Waals surface area contributed by atoms with Gasteiger partial charge in [0.2, 0.25) is 0 Å². The van der Waals surface area contributed by atoms with Crippen LogP contribution in [0.25, 0.3) is 0 Å². The first-order valence-corrected chi connectivity index (χ1v) is 13.8. The van der Waals surface area contributed by atoms with E-state index in [1.54, 1.807) is 13.8 Å². The molecule has 210 valence electrons. The second kappa shape index (κ2) is 12.6. The molecular weight excluding hydrogens is 490 g/mol. The van der Waals surface area contributed by atoms with E-state index in [9.17, 15) is 20.3 Å². The highest BCUT2D eigenvalue weighted by molar-refractivity contribution is 5.84. The zero-order chi connectivity index (χ0) is 28.8. The molecule has 0 radical (unpaired) electrons. The number of anilines is 2. The third-order valence-corrected chi connectivity index (χ3v) is 7.94. The number of allylic oxidation sites excluding steroid dienone is 1. The Hall–Kier alpha value is -3.44. The van der Waals surface area contributed by atoms with Gasteiger partial charge in [-0.15, -0.1) is 0 Å². The van der Waals surface area contributed by atoms with E-state index in [0.717, 1.165) is 49.9 Å². The maximum Gasteiger partial charge on any atom is 0.413 e. The molecule has 2 N–H and O–H groups in total. The van der Waals surface area contributed by atoms with Crippen LogP contribution in [0.3, 0.4) is 0 Å². The number of hydrogen-bond acceptors (Lipinski definition) is 6. The van der Waals surface area contributed by atoms with Crippen molar-refractivity contribution in [2.75, 3.05) is 22.9 Å². The molecule has 1 aliphatic carbocycles. The normalized spacial score (nSPS) is 19.0. The van der Waals surface area contributed by atoms with Gasteiger partial charge in [0, 0.05) is 25.0 Å². The van der Waals surface area contributed by atoms with E-state index in [0.29, 0.717) is 23.7 Å². The number of carboxylic acid groups (broad SMARTS) is 1. The van der Waals surface area contributed by atoms with E-state index < -0.39 is 11.7 Å². The minimum atomic E-state index is -1.15. The largest absolute Gasteiger partial charge is 0.465 e. The van der Waals surface area contributed by atoms with E-state index in [1.807, 2.05) is 18.2 Å². The predicted molar refractivity (Wildman–Crippen MR) is 155 cm³/mol. The highest BCUT2D eigenvalue weighted by Crippen LogP contribution is 2.44. The monoisotopic (exact) mass is 533 g/mol. The zero-order valence-electron chi connectivity index (χ0n) is 24.2. The Morgan fingerprint density at radius 3 is 2.59 bits per heavy atom. The Kier molecular flexibility index (Phi) is 9.73. The molecule has 39 heavy (non-hydrogen) atoms. The lowest BCUT2D eigenvalue weighted by molar-refractivity contribution is 0.0734. The molecule has 1 amide bonds. The number of nitriles is 1. The fourth-order valence-electron chi connectivity index (χ4n) is 5.25. The van der Waals surface area contributed by atoms with Gasteiger partial charge in [-0.1, -0.05) is 39.3 Å². The summed E-state index contributed by atoms with van der Waals surface area (Å²) in [6.07, 6.45) is 11.0. The van der Waals surface area contributed by atoms with Crippen molar-refractivity contribution < 1.29 is 15.0 Å². The van der Waals surface area contributed by atoms with Crippen LogP contribution in [-0.4, -0.2) is 39.4 Å². The molecule has 1 aliphatic rings. The molecule has 0 spiro atoms. The average molecular weight is 534 g/mol. The summed E-state index contributed by atoms with van der Waals surface area (Å²) in [7, 11) is 0. The van der Waals surface area contributed by atoms with Crippen molar-refractivity contribution in [2.45, 2.75) is 79.2 Å². The number of benzene rings is 1. The SMILES string of the molecule is CCC/C=C/N(CC1CC(CN(C(=O)O)c2cnc(C(C)(C)O)cn2)CCC1(C)C)c1cc(C#N)ccc1C. The third kappa shape index (κ3) is 7.79. The van der Waals surface area contributed by atoms with Crippen LogP contribution in [-0.2, 0) is 5.60 Å². The molecule has 8 nitrogen and oxygen atoms in total. The maximum atomic E-state index is 12.2. The Morgan fingerprint density at radius 1 is 1.26 bits per heavy atom. The highest BCUT2D eigenvalue weighted by Gasteiger charge is 2.38. The first-order chi connectivity index (χ1) is 18.4. The number of carbonyl (C=O) groups is 1. The number of amides is 1. The summed E-state index contributed by atoms with van der Waals surface area (Å²) in [4.78, 5) is 24.4. The fourth-order valence-corrected chi connectivity index (χ4v) is 5.25. The number of aliphatic hydroxyl groups is 1. The number of unbranched alkanes of at least 4 members (excludes halogenated alkanes) is 1. The molecule has 2 unspecified atom stereocenters. The van der Waals surface area contributed by atoms with Gasteiger partial charge >= 0.3 is 6.09 Å². The highest BCUT2D eigenvalue weighted by atomic mass is 16.4. The summed E-state index contributed by atoms with van der Waals surface area (Å²) >= 11 is 0. The van der Waals surface area contributed by atoms with Crippen molar-refractivity contribution in [3.63, 3.8) is 0 Å². The summed E-state index contributed by atoms with van der Waals surface area (Å²) in [5.74, 6) is 0.750. The number of aromatic nitrogens is 2. The fraction of sp³-hybridized carbons (Fsp3) is 0.548. The molecule has 2 aromatic rings. The van der Waals surface area contributed by atoms with Crippen LogP contribution >= 0.6 is 0 Å². The molecule has 1 saturated carbocycles. The van der Waals surface area contributed by atoms with Gasteiger partial charge in [-0.2, -0.15) is 5.26 Å². The number of hydrogen-bond donors (Lipinski definition) is 2. The van der Waals surface area contributed by atoms with Gasteiger partial charge in [0.05, 0.1) is 29.7 Å². The van der Waals surface area contributed by atoms with Crippen molar-refractivity contribution >= 4 is 17.6 Å². The Balaban J connectivity index is 1.84. The van der Waals surface area contributed by atoms with E-state index in [1.165, 1.54) is 17.3 Å². The first kappa shape index (κ1) is 30.1. The molecule has 1 fully saturated rings. The summed E-state index contributed by atoms with van der Waals surface area (Å²) in [5, 5.41) is 29.7. The molecule has 0 aliphatic heterocycles. The van der Waals surface area contributed by atoms with E-state index in [-0.39, 0.29) is 17.2 Å². The van der Waals surface area contributed by atoms with E-state index >= 15 is 0 Å². The van der Waals surface area contributed by atoms with Crippen LogP contribution in [0.5, 0.6) is 0 Å². The van der Waals surface area contributed by atoms with Crippen LogP contribution in [0.15, 0.2) is 42.9 Å². The topological polar surface area (TPSA) is 114 Å². The van der Waals surface area contributed by atoms with Crippen molar-refractivity contribution in [1.82, 2.24) is 9.97 Å². The quantitative estimate of drug-likeness (QED) is 0.352. The molecule has 0 saturated heterocycles. The molecular formula is C31H43N5O3. The van der Waals surface area contributed by atoms with Gasteiger partial charge in [0.1, 0.15) is 5.60 Å². The Labute approximate surface area is 233 Å². The summed E-state index contributed by atoms with van der Waals surface area (Å²) in [6, 6.07) is 8.08. The van der Waals surface area contributed by atoms with Gasteiger partial charge < -0.3 is 15.1 Å². The van der Waals surface area contributed by atoms with Crippen molar-refractivity contribution in [3.8, 4) is 6.07 Å². The summed E-state index contributed by atoms with van der Waals surface area (Å²) < 4.78 is 0. The van der Waals surface area contributed by atoms with Gasteiger partial charge in [-0.05, 0) is 81.4 Å². The molecule has 0 bridgehead atoms. The van der Waals surface area contributed by atoms with Crippen molar-refractivity contribution in [2.24, 2.45) is 17.3 Å². The molecule has 1 heterocycles. The second-order valence-corrected chi connectivity index (χ2v) is 12.0. The first-order valence-electron chi connectivity index (χ1n) is 13.8. The molecule has 1 aromatic heterocycles. The number of rotatable bonds is 10. The smallest absolute Gasteiger partial charge is 0.413 e. The Morgan fingerprint density at radius 2 is 2.00 bits per heavy atom. The molecule has 3 rings (SSSR count). The van der Waals surface area contributed by atoms with Crippen molar-refractivity contribution in [3.05, 3.63) is 59.7 Å². The minimum absolute atomic E-state index is 0.0797. The standard InChI is InChI=1S/C31H43N5O3/c1-7-8-9-14-35(26-16-23(17-32)11-10-22(26)2)21-25-15-24(12-13-30(25,3)4)20-36(29(37)38)28-19-33-27(18-34-28)31(5,6)39/h9-11,14,16,18-19,24-25,39H,7-8,12-13,15,20-21H2,1-6H3,(H,37,38)/b14-9+.